The summed E-state index contributed by atoms with van der Waals surface area (Å²) in [6.07, 6.45) is 2.61. The molecule has 1 aromatic rings. The number of nitrogens with one attached hydrogen (secondary N) is 1. The molecule has 1 aliphatic carbocycles. The van der Waals surface area contributed by atoms with Crippen LogP contribution in [0.4, 0.5) is 0 Å². The normalized spacial score (nSPS) is 18.6. The summed E-state index contributed by atoms with van der Waals surface area (Å²) < 4.78 is 1.27. The van der Waals surface area contributed by atoms with Crippen molar-refractivity contribution in [3.05, 3.63) is 33.4 Å². The zero-order valence-corrected chi connectivity index (χ0v) is 9.49. The van der Waals surface area contributed by atoms with Crippen LogP contribution in [-0.2, 0) is 0 Å². The van der Waals surface area contributed by atoms with E-state index in [1.807, 2.05) is 0 Å². The Morgan fingerprint density at radius 1 is 1.46 bits per heavy atom. The smallest absolute Gasteiger partial charge is 0.0488 e. The van der Waals surface area contributed by atoms with Crippen molar-refractivity contribution < 1.29 is 0 Å². The highest BCUT2D eigenvalue weighted by atomic mass is 127. The molecule has 3 N–H and O–H groups in total. The number of hydrogen-bond donors (Lipinski definition) is 2. The first-order valence-corrected chi connectivity index (χ1v) is 5.60. The largest absolute Gasteiger partial charge is 0.271 e. The molecule has 2 rings (SSSR count). The van der Waals surface area contributed by atoms with Crippen molar-refractivity contribution in [1.82, 2.24) is 5.43 Å². The molecule has 3 heteroatoms. The Kier molecular flexibility index (Phi) is 2.86. The van der Waals surface area contributed by atoms with E-state index in [0.717, 1.165) is 5.92 Å². The molecule has 13 heavy (non-hydrogen) atoms. The second kappa shape index (κ2) is 3.94. The number of hydrazine groups is 1. The molecule has 1 atom stereocenters. The minimum atomic E-state index is 0.356. The highest BCUT2D eigenvalue weighted by Gasteiger charge is 2.31. The van der Waals surface area contributed by atoms with Crippen LogP contribution in [0, 0.1) is 9.49 Å². The summed E-state index contributed by atoms with van der Waals surface area (Å²) in [4.78, 5) is 0. The molecule has 0 bridgehead atoms. The minimum Gasteiger partial charge on any atom is -0.271 e. The Morgan fingerprint density at radius 2 is 2.23 bits per heavy atom. The number of benzene rings is 1. The van der Waals surface area contributed by atoms with E-state index in [1.165, 1.54) is 22.0 Å². The summed E-state index contributed by atoms with van der Waals surface area (Å²) in [5.74, 6) is 6.30. The van der Waals surface area contributed by atoms with Crippen LogP contribution in [0.15, 0.2) is 24.3 Å². The maximum absolute atomic E-state index is 5.54. The molecule has 0 spiro atoms. The van der Waals surface area contributed by atoms with E-state index in [9.17, 15) is 0 Å². The molecule has 1 fully saturated rings. The lowest BCUT2D eigenvalue weighted by molar-refractivity contribution is 0.496. The number of hydrogen-bond acceptors (Lipinski definition) is 2. The molecule has 0 aliphatic heterocycles. The van der Waals surface area contributed by atoms with Gasteiger partial charge in [-0.3, -0.25) is 11.3 Å². The molecule has 0 aromatic heterocycles. The van der Waals surface area contributed by atoms with Crippen molar-refractivity contribution in [2.24, 2.45) is 11.8 Å². The van der Waals surface area contributed by atoms with Gasteiger partial charge in [-0.1, -0.05) is 12.1 Å². The minimum absolute atomic E-state index is 0.356. The lowest BCUT2D eigenvalue weighted by Crippen LogP contribution is -2.29. The van der Waals surface area contributed by atoms with Gasteiger partial charge < -0.3 is 0 Å². The molecular formula is C10H13IN2. The van der Waals surface area contributed by atoms with Gasteiger partial charge >= 0.3 is 0 Å². The van der Waals surface area contributed by atoms with Crippen LogP contribution in [-0.4, -0.2) is 0 Å². The maximum atomic E-state index is 5.54. The first-order valence-electron chi connectivity index (χ1n) is 4.53. The third kappa shape index (κ3) is 2.21. The highest BCUT2D eigenvalue weighted by Crippen LogP contribution is 2.40. The van der Waals surface area contributed by atoms with Crippen LogP contribution < -0.4 is 11.3 Å². The Balaban J connectivity index is 2.21. The molecule has 0 saturated heterocycles. The molecule has 2 nitrogen and oxygen atoms in total. The zero-order chi connectivity index (χ0) is 9.26. The van der Waals surface area contributed by atoms with Crippen molar-refractivity contribution in [3.8, 4) is 0 Å². The van der Waals surface area contributed by atoms with Gasteiger partial charge in [0.2, 0.25) is 0 Å². The Morgan fingerprint density at radius 3 is 2.77 bits per heavy atom. The van der Waals surface area contributed by atoms with Crippen molar-refractivity contribution in [3.63, 3.8) is 0 Å². The van der Waals surface area contributed by atoms with Gasteiger partial charge in [-0.25, -0.2) is 0 Å². The van der Waals surface area contributed by atoms with Crippen molar-refractivity contribution in [1.29, 1.82) is 0 Å². The summed E-state index contributed by atoms with van der Waals surface area (Å²) in [6.45, 7) is 0. The van der Waals surface area contributed by atoms with Crippen LogP contribution in [0.25, 0.3) is 0 Å². The quantitative estimate of drug-likeness (QED) is 0.508. The molecule has 1 unspecified atom stereocenters. The average molecular weight is 288 g/mol. The fourth-order valence-corrected chi connectivity index (χ4v) is 2.20. The third-order valence-electron chi connectivity index (χ3n) is 2.48. The maximum Gasteiger partial charge on any atom is 0.0488 e. The monoisotopic (exact) mass is 288 g/mol. The van der Waals surface area contributed by atoms with E-state index in [-0.39, 0.29) is 0 Å². The lowest BCUT2D eigenvalue weighted by atomic mass is 10.0. The van der Waals surface area contributed by atoms with Gasteiger partial charge in [-0.2, -0.15) is 0 Å². The van der Waals surface area contributed by atoms with Gasteiger partial charge in [0, 0.05) is 9.61 Å². The van der Waals surface area contributed by atoms with Crippen molar-refractivity contribution in [2.75, 3.05) is 0 Å². The van der Waals surface area contributed by atoms with Gasteiger partial charge in [-0.15, -0.1) is 0 Å². The third-order valence-corrected chi connectivity index (χ3v) is 3.15. The van der Waals surface area contributed by atoms with E-state index < -0.39 is 0 Å². The first-order chi connectivity index (χ1) is 6.31. The predicted octanol–water partition coefficient (Wildman–Crippen LogP) is 2.21. The van der Waals surface area contributed by atoms with Crippen LogP contribution in [0.2, 0.25) is 0 Å². The van der Waals surface area contributed by atoms with Crippen LogP contribution in [0.5, 0.6) is 0 Å². The number of halogens is 1. The van der Waals surface area contributed by atoms with Crippen LogP contribution >= 0.6 is 22.6 Å². The zero-order valence-electron chi connectivity index (χ0n) is 7.33. The number of rotatable bonds is 3. The van der Waals surface area contributed by atoms with E-state index in [0.29, 0.717) is 6.04 Å². The second-order valence-corrected chi connectivity index (χ2v) is 4.78. The molecule has 0 heterocycles. The first kappa shape index (κ1) is 9.43. The number of nitrogens with two attached hydrogens (primary N) is 1. The second-order valence-electron chi connectivity index (χ2n) is 3.54. The van der Waals surface area contributed by atoms with Gasteiger partial charge in [0.25, 0.3) is 0 Å². The van der Waals surface area contributed by atoms with Crippen LogP contribution in [0.1, 0.15) is 24.4 Å². The molecule has 0 radical (unpaired) electrons. The Hall–Kier alpha value is -0.130. The van der Waals surface area contributed by atoms with Gasteiger partial charge in [-0.05, 0) is 59.0 Å². The van der Waals surface area contributed by atoms with Crippen molar-refractivity contribution >= 4 is 22.6 Å². The summed E-state index contributed by atoms with van der Waals surface area (Å²) >= 11 is 2.33. The van der Waals surface area contributed by atoms with E-state index in [4.69, 9.17) is 5.84 Å². The van der Waals surface area contributed by atoms with Gasteiger partial charge in [0.05, 0.1) is 0 Å². The summed E-state index contributed by atoms with van der Waals surface area (Å²) in [6, 6.07) is 8.89. The SMILES string of the molecule is NNC(c1cccc(I)c1)C1CC1. The molecule has 1 saturated carbocycles. The van der Waals surface area contributed by atoms with Gasteiger partial charge in [0.15, 0.2) is 0 Å². The lowest BCUT2D eigenvalue weighted by Gasteiger charge is -2.15. The van der Waals surface area contributed by atoms with Crippen molar-refractivity contribution in [2.45, 2.75) is 18.9 Å². The Bertz CT molecular complexity index is 297. The fourth-order valence-electron chi connectivity index (χ4n) is 1.63. The predicted molar refractivity (Wildman–Crippen MR) is 61.9 cm³/mol. The fraction of sp³-hybridized carbons (Fsp3) is 0.400. The van der Waals surface area contributed by atoms with Crippen LogP contribution in [0.3, 0.4) is 0 Å². The standard InChI is InChI=1S/C10H13IN2/c11-9-3-1-2-8(6-9)10(13-12)7-4-5-7/h1-3,6-7,10,13H,4-5,12H2. The topological polar surface area (TPSA) is 38.0 Å². The van der Waals surface area contributed by atoms with E-state index in [2.05, 4.69) is 52.3 Å². The highest BCUT2D eigenvalue weighted by molar-refractivity contribution is 14.1. The molecule has 1 aromatic carbocycles. The average Bonchev–Trinajstić information content (AvgIpc) is 2.90. The Labute approximate surface area is 92.0 Å². The molecule has 0 amide bonds. The molecule has 1 aliphatic rings. The van der Waals surface area contributed by atoms with E-state index >= 15 is 0 Å². The summed E-state index contributed by atoms with van der Waals surface area (Å²) in [7, 11) is 0. The molecule has 70 valence electrons. The van der Waals surface area contributed by atoms with Gasteiger partial charge in [0.1, 0.15) is 0 Å². The van der Waals surface area contributed by atoms with E-state index in [1.54, 1.807) is 0 Å². The molecular weight excluding hydrogens is 275 g/mol. The summed E-state index contributed by atoms with van der Waals surface area (Å²) in [5, 5.41) is 0. The summed E-state index contributed by atoms with van der Waals surface area (Å²) in [5.41, 5.74) is 4.22.